The second-order valence-corrected chi connectivity index (χ2v) is 7.07. The van der Waals surface area contributed by atoms with Gasteiger partial charge in [0.1, 0.15) is 6.54 Å². The van der Waals surface area contributed by atoms with Crippen LogP contribution >= 0.6 is 24.0 Å². The molecule has 2 aliphatic rings. The van der Waals surface area contributed by atoms with Crippen LogP contribution in [0.4, 0.5) is 0 Å². The third-order valence-electron chi connectivity index (χ3n) is 4.77. The smallest absolute Gasteiger partial charge is 0.243 e. The van der Waals surface area contributed by atoms with Crippen molar-refractivity contribution in [3.63, 3.8) is 0 Å². The number of amides is 1. The van der Waals surface area contributed by atoms with E-state index in [2.05, 4.69) is 29.5 Å². The average molecular weight is 468 g/mol. The van der Waals surface area contributed by atoms with Gasteiger partial charge < -0.3 is 25.0 Å². The van der Waals surface area contributed by atoms with Crippen molar-refractivity contribution in [2.75, 3.05) is 40.5 Å². The number of carbonyl (C=O) groups is 1. The molecule has 2 fully saturated rings. The number of ether oxygens (including phenoxy) is 2. The van der Waals surface area contributed by atoms with Crippen molar-refractivity contribution in [1.82, 2.24) is 15.5 Å². The van der Waals surface area contributed by atoms with Crippen molar-refractivity contribution in [2.24, 2.45) is 4.99 Å². The monoisotopic (exact) mass is 468 g/mol. The van der Waals surface area contributed by atoms with E-state index in [9.17, 15) is 4.79 Å². The summed E-state index contributed by atoms with van der Waals surface area (Å²) >= 11 is 0. The van der Waals surface area contributed by atoms with Crippen LogP contribution in [0, 0.1) is 0 Å². The Kier molecular flexibility index (Phi) is 9.44. The van der Waals surface area contributed by atoms with Gasteiger partial charge in [-0.25, -0.2) is 4.99 Å². The molecule has 0 aromatic rings. The number of guanidine groups is 1. The molecule has 146 valence electrons. The van der Waals surface area contributed by atoms with Gasteiger partial charge in [-0.2, -0.15) is 0 Å². The largest absolute Gasteiger partial charge is 0.378 e. The molecule has 3 unspecified atom stereocenters. The van der Waals surface area contributed by atoms with Crippen LogP contribution in [-0.4, -0.2) is 74.9 Å². The molecular weight excluding hydrogens is 435 g/mol. The van der Waals surface area contributed by atoms with Crippen LogP contribution < -0.4 is 10.6 Å². The topological polar surface area (TPSA) is 75.2 Å². The Morgan fingerprint density at radius 1 is 1.40 bits per heavy atom. The molecule has 0 aromatic heterocycles. The van der Waals surface area contributed by atoms with E-state index in [-0.39, 0.29) is 48.1 Å². The Morgan fingerprint density at radius 3 is 2.76 bits per heavy atom. The van der Waals surface area contributed by atoms with Crippen molar-refractivity contribution in [1.29, 1.82) is 0 Å². The Bertz CT molecular complexity index is 453. The summed E-state index contributed by atoms with van der Waals surface area (Å²) in [5.41, 5.74) is -0.142. The zero-order valence-electron chi connectivity index (χ0n) is 15.8. The average Bonchev–Trinajstić information content (AvgIpc) is 2.99. The van der Waals surface area contributed by atoms with Crippen molar-refractivity contribution < 1.29 is 14.3 Å². The van der Waals surface area contributed by atoms with Gasteiger partial charge in [-0.1, -0.05) is 6.92 Å². The lowest BCUT2D eigenvalue weighted by Gasteiger charge is -2.38. The molecule has 0 aliphatic carbocycles. The SMILES string of the molecule is CCC(C)NC(=NCC(=O)N(C)C)NC1CCOC2(CCOC2)C1.I. The fourth-order valence-electron chi connectivity index (χ4n) is 2.96. The first kappa shape index (κ1) is 22.4. The minimum Gasteiger partial charge on any atom is -0.378 e. The molecule has 0 bridgehead atoms. The molecule has 8 heteroatoms. The number of aliphatic imine (C=N–C) groups is 1. The van der Waals surface area contributed by atoms with Crippen molar-refractivity contribution >= 4 is 35.8 Å². The van der Waals surface area contributed by atoms with Crippen molar-refractivity contribution in [3.8, 4) is 0 Å². The molecule has 25 heavy (non-hydrogen) atoms. The summed E-state index contributed by atoms with van der Waals surface area (Å²) in [7, 11) is 3.49. The third kappa shape index (κ3) is 6.90. The van der Waals surface area contributed by atoms with Crippen LogP contribution in [-0.2, 0) is 14.3 Å². The summed E-state index contributed by atoms with van der Waals surface area (Å²) in [4.78, 5) is 17.9. The first-order valence-corrected chi connectivity index (χ1v) is 8.93. The zero-order chi connectivity index (χ0) is 17.6. The van der Waals surface area contributed by atoms with Crippen LogP contribution in [0.25, 0.3) is 0 Å². The van der Waals surface area contributed by atoms with E-state index in [1.165, 1.54) is 0 Å². The maximum atomic E-state index is 11.8. The van der Waals surface area contributed by atoms with Gasteiger partial charge in [0.2, 0.25) is 5.91 Å². The van der Waals surface area contributed by atoms with Gasteiger partial charge in [0.25, 0.3) is 0 Å². The van der Waals surface area contributed by atoms with Crippen molar-refractivity contribution in [3.05, 3.63) is 0 Å². The first-order valence-electron chi connectivity index (χ1n) is 8.93. The van der Waals surface area contributed by atoms with Crippen LogP contribution in [0.1, 0.15) is 39.5 Å². The van der Waals surface area contributed by atoms with E-state index in [0.29, 0.717) is 18.6 Å². The van der Waals surface area contributed by atoms with E-state index >= 15 is 0 Å². The second kappa shape index (κ2) is 10.5. The van der Waals surface area contributed by atoms with Crippen molar-refractivity contribution in [2.45, 2.75) is 57.2 Å². The summed E-state index contributed by atoms with van der Waals surface area (Å²) in [6.07, 6.45) is 3.80. The number of hydrogen-bond acceptors (Lipinski definition) is 4. The normalized spacial score (nSPS) is 27.5. The highest BCUT2D eigenvalue weighted by molar-refractivity contribution is 14.0. The second-order valence-electron chi connectivity index (χ2n) is 7.07. The fraction of sp³-hybridized carbons (Fsp3) is 0.882. The third-order valence-corrected chi connectivity index (χ3v) is 4.77. The molecule has 2 rings (SSSR count). The van der Waals surface area contributed by atoms with E-state index in [1.54, 1.807) is 19.0 Å². The maximum absolute atomic E-state index is 11.8. The highest BCUT2D eigenvalue weighted by Gasteiger charge is 2.41. The number of likely N-dealkylation sites (N-methyl/N-ethyl adjacent to an activating group) is 1. The quantitative estimate of drug-likeness (QED) is 0.362. The van der Waals surface area contributed by atoms with Gasteiger partial charge in [0.15, 0.2) is 5.96 Å². The van der Waals surface area contributed by atoms with Crippen LogP contribution in [0.15, 0.2) is 4.99 Å². The van der Waals surface area contributed by atoms with Gasteiger partial charge in [-0.15, -0.1) is 24.0 Å². The molecule has 2 aliphatic heterocycles. The van der Waals surface area contributed by atoms with Gasteiger partial charge >= 0.3 is 0 Å². The first-order chi connectivity index (χ1) is 11.4. The molecule has 1 spiro atoms. The molecule has 1 amide bonds. The molecule has 0 saturated carbocycles. The molecular formula is C17H33IN4O3. The van der Waals surface area contributed by atoms with Crippen LogP contribution in [0.2, 0.25) is 0 Å². The predicted molar refractivity (Wildman–Crippen MR) is 110 cm³/mol. The summed E-state index contributed by atoms with van der Waals surface area (Å²) in [6.45, 7) is 6.57. The molecule has 2 N–H and O–H groups in total. The predicted octanol–water partition coefficient (Wildman–Crippen LogP) is 1.36. The minimum atomic E-state index is -0.142. The Balaban J connectivity index is 0.00000312. The fourth-order valence-corrected chi connectivity index (χ4v) is 2.96. The zero-order valence-corrected chi connectivity index (χ0v) is 18.2. The van der Waals surface area contributed by atoms with E-state index in [4.69, 9.17) is 9.47 Å². The van der Waals surface area contributed by atoms with Crippen LogP contribution in [0.3, 0.4) is 0 Å². The lowest BCUT2D eigenvalue weighted by atomic mass is 9.90. The number of hydrogen-bond donors (Lipinski definition) is 2. The lowest BCUT2D eigenvalue weighted by molar-refractivity contribution is -0.127. The summed E-state index contributed by atoms with van der Waals surface area (Å²) in [6, 6.07) is 0.583. The lowest BCUT2D eigenvalue weighted by Crippen LogP contribution is -2.53. The van der Waals surface area contributed by atoms with Gasteiger partial charge in [-0.3, -0.25) is 4.79 Å². The molecule has 2 heterocycles. The summed E-state index contributed by atoms with van der Waals surface area (Å²) in [5.74, 6) is 0.702. The van der Waals surface area contributed by atoms with Gasteiger partial charge in [0.05, 0.1) is 12.2 Å². The standard InChI is InChI=1S/C17H32N4O3.HI/c1-5-13(2)19-16(18-11-15(22)21(3)4)20-14-6-8-24-17(10-14)7-9-23-12-17;/h13-14H,5-12H2,1-4H3,(H2,18,19,20);1H. The summed E-state index contributed by atoms with van der Waals surface area (Å²) < 4.78 is 11.5. The van der Waals surface area contributed by atoms with Gasteiger partial charge in [0, 0.05) is 45.8 Å². The molecule has 0 radical (unpaired) electrons. The number of carbonyl (C=O) groups excluding carboxylic acids is 1. The number of nitrogens with zero attached hydrogens (tertiary/aromatic N) is 2. The highest BCUT2D eigenvalue weighted by atomic mass is 127. The number of rotatable bonds is 5. The summed E-state index contributed by atoms with van der Waals surface area (Å²) in [5, 5.41) is 6.88. The number of nitrogens with one attached hydrogen (secondary N) is 2. The molecule has 7 nitrogen and oxygen atoms in total. The van der Waals surface area contributed by atoms with Crippen LogP contribution in [0.5, 0.6) is 0 Å². The Labute approximate surface area is 168 Å². The molecule has 0 aromatic carbocycles. The maximum Gasteiger partial charge on any atom is 0.243 e. The van der Waals surface area contributed by atoms with E-state index < -0.39 is 0 Å². The Hall–Kier alpha value is -0.610. The highest BCUT2D eigenvalue weighted by Crippen LogP contribution is 2.32. The Morgan fingerprint density at radius 2 is 2.16 bits per heavy atom. The van der Waals surface area contributed by atoms with Gasteiger partial charge in [-0.05, 0) is 26.2 Å². The minimum absolute atomic E-state index is 0. The van der Waals surface area contributed by atoms with E-state index in [0.717, 1.165) is 38.9 Å². The van der Waals surface area contributed by atoms with E-state index in [1.807, 2.05) is 0 Å². The number of halogens is 1. The molecule has 2 saturated heterocycles. The molecule has 3 atom stereocenters.